The molecule has 1 amide bonds. The summed E-state index contributed by atoms with van der Waals surface area (Å²) in [7, 11) is 0. The predicted molar refractivity (Wildman–Crippen MR) is 79.3 cm³/mol. The Hall–Kier alpha value is -2.25. The van der Waals surface area contributed by atoms with E-state index < -0.39 is 6.10 Å². The lowest BCUT2D eigenvalue weighted by Gasteiger charge is -2.26. The van der Waals surface area contributed by atoms with Gasteiger partial charge in [0.1, 0.15) is 11.5 Å². The van der Waals surface area contributed by atoms with Crippen LogP contribution in [-0.2, 0) is 4.74 Å². The molecular formula is C16H17FN2O4. The largest absolute Gasteiger partial charge is 0.388 e. The number of hydrogen-bond acceptors (Lipinski definition) is 5. The molecule has 1 saturated heterocycles. The summed E-state index contributed by atoms with van der Waals surface area (Å²) in [6.45, 7) is 3.40. The SMILES string of the molecule is CC(O)c1c(-c2ccc(F)cc2)noc1C(=O)N1CCOCC1. The highest BCUT2D eigenvalue weighted by Gasteiger charge is 2.30. The molecule has 1 atom stereocenters. The molecule has 1 fully saturated rings. The van der Waals surface area contributed by atoms with Gasteiger partial charge in [-0.3, -0.25) is 4.79 Å². The van der Waals surface area contributed by atoms with Gasteiger partial charge in [-0.2, -0.15) is 0 Å². The first-order valence-corrected chi connectivity index (χ1v) is 7.38. The third-order valence-corrected chi connectivity index (χ3v) is 3.76. The molecule has 7 heteroatoms. The first kappa shape index (κ1) is 15.6. The van der Waals surface area contributed by atoms with Gasteiger partial charge in [0.2, 0.25) is 5.76 Å². The Morgan fingerprint density at radius 3 is 2.57 bits per heavy atom. The molecule has 23 heavy (non-hydrogen) atoms. The highest BCUT2D eigenvalue weighted by molar-refractivity contribution is 5.94. The number of benzene rings is 1. The zero-order valence-electron chi connectivity index (χ0n) is 12.7. The van der Waals surface area contributed by atoms with E-state index in [9.17, 15) is 14.3 Å². The topological polar surface area (TPSA) is 75.8 Å². The van der Waals surface area contributed by atoms with Gasteiger partial charge in [-0.05, 0) is 31.2 Å². The minimum atomic E-state index is -0.943. The fourth-order valence-corrected chi connectivity index (χ4v) is 2.57. The third kappa shape index (κ3) is 3.11. The van der Waals surface area contributed by atoms with E-state index in [1.165, 1.54) is 31.2 Å². The fraction of sp³-hybridized carbons (Fsp3) is 0.375. The van der Waals surface area contributed by atoms with Crippen LogP contribution >= 0.6 is 0 Å². The van der Waals surface area contributed by atoms with Crippen molar-refractivity contribution < 1.29 is 23.6 Å². The van der Waals surface area contributed by atoms with Crippen molar-refractivity contribution in [3.05, 3.63) is 41.4 Å². The molecule has 0 saturated carbocycles. The fourth-order valence-electron chi connectivity index (χ4n) is 2.57. The second kappa shape index (κ2) is 6.47. The van der Waals surface area contributed by atoms with Crippen molar-refractivity contribution in [2.45, 2.75) is 13.0 Å². The average Bonchev–Trinajstić information content (AvgIpc) is 3.01. The number of carbonyl (C=O) groups excluding carboxylic acids is 1. The summed E-state index contributed by atoms with van der Waals surface area (Å²) in [4.78, 5) is 14.2. The Morgan fingerprint density at radius 2 is 1.96 bits per heavy atom. The summed E-state index contributed by atoms with van der Waals surface area (Å²) >= 11 is 0. The number of aliphatic hydroxyl groups excluding tert-OH is 1. The molecule has 2 aromatic rings. The van der Waals surface area contributed by atoms with E-state index in [2.05, 4.69) is 5.16 Å². The molecule has 1 aromatic carbocycles. The van der Waals surface area contributed by atoms with Crippen molar-refractivity contribution >= 4 is 5.91 Å². The first-order valence-electron chi connectivity index (χ1n) is 7.38. The number of nitrogens with zero attached hydrogens (tertiary/aromatic N) is 2. The summed E-state index contributed by atoms with van der Waals surface area (Å²) in [5, 5.41) is 14.0. The van der Waals surface area contributed by atoms with Gasteiger partial charge in [0.25, 0.3) is 5.91 Å². The number of rotatable bonds is 3. The summed E-state index contributed by atoms with van der Waals surface area (Å²) < 4.78 is 23.5. The average molecular weight is 320 g/mol. The van der Waals surface area contributed by atoms with Crippen LogP contribution in [-0.4, -0.2) is 47.4 Å². The van der Waals surface area contributed by atoms with E-state index in [0.29, 0.717) is 43.1 Å². The van der Waals surface area contributed by atoms with E-state index in [1.807, 2.05) is 0 Å². The third-order valence-electron chi connectivity index (χ3n) is 3.76. The molecule has 0 radical (unpaired) electrons. The minimum absolute atomic E-state index is 0.0150. The molecule has 1 N–H and O–H groups in total. The predicted octanol–water partition coefficient (Wildman–Crippen LogP) is 2.01. The summed E-state index contributed by atoms with van der Waals surface area (Å²) in [6.07, 6.45) is -0.943. The maximum atomic E-state index is 13.1. The Bertz CT molecular complexity index is 691. The van der Waals surface area contributed by atoms with Crippen LogP contribution in [0.25, 0.3) is 11.3 Å². The number of aliphatic hydroxyl groups is 1. The highest BCUT2D eigenvalue weighted by atomic mass is 19.1. The van der Waals surface area contributed by atoms with Crippen LogP contribution in [0, 0.1) is 5.82 Å². The molecule has 2 heterocycles. The van der Waals surface area contributed by atoms with Crippen LogP contribution in [0.2, 0.25) is 0 Å². The lowest BCUT2D eigenvalue weighted by atomic mass is 10.0. The summed E-state index contributed by atoms with van der Waals surface area (Å²) in [5.74, 6) is -0.688. The van der Waals surface area contributed by atoms with Crippen LogP contribution < -0.4 is 0 Å². The van der Waals surface area contributed by atoms with Gasteiger partial charge in [-0.15, -0.1) is 0 Å². The van der Waals surface area contributed by atoms with Crippen LogP contribution in [0.15, 0.2) is 28.8 Å². The Labute approximate surface area is 132 Å². The molecular weight excluding hydrogens is 303 g/mol. The zero-order valence-corrected chi connectivity index (χ0v) is 12.7. The van der Waals surface area contributed by atoms with Crippen molar-refractivity contribution in [1.29, 1.82) is 0 Å². The van der Waals surface area contributed by atoms with E-state index in [4.69, 9.17) is 9.26 Å². The van der Waals surface area contributed by atoms with Gasteiger partial charge in [-0.1, -0.05) is 5.16 Å². The molecule has 1 aliphatic rings. The monoisotopic (exact) mass is 320 g/mol. The number of halogens is 1. The van der Waals surface area contributed by atoms with E-state index in [-0.39, 0.29) is 17.5 Å². The molecule has 3 rings (SSSR count). The maximum Gasteiger partial charge on any atom is 0.293 e. The van der Waals surface area contributed by atoms with Gasteiger partial charge in [-0.25, -0.2) is 4.39 Å². The van der Waals surface area contributed by atoms with E-state index in [1.54, 1.807) is 4.90 Å². The summed E-state index contributed by atoms with van der Waals surface area (Å²) in [5.41, 5.74) is 1.23. The second-order valence-electron chi connectivity index (χ2n) is 5.36. The number of carbonyl (C=O) groups is 1. The van der Waals surface area contributed by atoms with Crippen molar-refractivity contribution in [1.82, 2.24) is 10.1 Å². The molecule has 0 bridgehead atoms. The van der Waals surface area contributed by atoms with Gasteiger partial charge in [0, 0.05) is 18.7 Å². The Morgan fingerprint density at radius 1 is 1.30 bits per heavy atom. The van der Waals surface area contributed by atoms with Crippen LogP contribution in [0.1, 0.15) is 29.1 Å². The van der Waals surface area contributed by atoms with Gasteiger partial charge >= 0.3 is 0 Å². The molecule has 0 aliphatic carbocycles. The minimum Gasteiger partial charge on any atom is -0.388 e. The number of amides is 1. The molecule has 1 aromatic heterocycles. The normalized spacial score (nSPS) is 16.4. The first-order chi connectivity index (χ1) is 11.1. The van der Waals surface area contributed by atoms with Gasteiger partial charge in [0.15, 0.2) is 0 Å². The molecule has 0 spiro atoms. The van der Waals surface area contributed by atoms with Crippen molar-refractivity contribution in [3.63, 3.8) is 0 Å². The quantitative estimate of drug-likeness (QED) is 0.936. The standard InChI is InChI=1S/C16H17FN2O4/c1-10(20)13-14(11-2-4-12(17)5-3-11)18-23-15(13)16(21)19-6-8-22-9-7-19/h2-5,10,20H,6-9H2,1H3. The number of morpholine rings is 1. The van der Waals surface area contributed by atoms with E-state index >= 15 is 0 Å². The zero-order chi connectivity index (χ0) is 16.4. The molecule has 1 unspecified atom stereocenters. The number of hydrogen-bond donors (Lipinski definition) is 1. The Balaban J connectivity index is 1.98. The Kier molecular flexibility index (Phi) is 4.40. The molecule has 122 valence electrons. The van der Waals surface area contributed by atoms with E-state index in [0.717, 1.165) is 0 Å². The van der Waals surface area contributed by atoms with Crippen LogP contribution in [0.3, 0.4) is 0 Å². The van der Waals surface area contributed by atoms with Gasteiger partial charge in [0.05, 0.1) is 24.9 Å². The lowest BCUT2D eigenvalue weighted by Crippen LogP contribution is -2.40. The number of ether oxygens (including phenoxy) is 1. The summed E-state index contributed by atoms with van der Waals surface area (Å²) in [6, 6.07) is 5.64. The second-order valence-corrected chi connectivity index (χ2v) is 5.36. The molecule has 1 aliphatic heterocycles. The van der Waals surface area contributed by atoms with Gasteiger partial charge < -0.3 is 19.3 Å². The number of aromatic nitrogens is 1. The smallest absolute Gasteiger partial charge is 0.293 e. The lowest BCUT2D eigenvalue weighted by molar-refractivity contribution is 0.0273. The molecule has 6 nitrogen and oxygen atoms in total. The van der Waals surface area contributed by atoms with Crippen molar-refractivity contribution in [2.75, 3.05) is 26.3 Å². The maximum absolute atomic E-state index is 13.1. The van der Waals surface area contributed by atoms with Crippen LogP contribution in [0.5, 0.6) is 0 Å². The van der Waals surface area contributed by atoms with Crippen molar-refractivity contribution in [3.8, 4) is 11.3 Å². The highest BCUT2D eigenvalue weighted by Crippen LogP contribution is 2.31. The van der Waals surface area contributed by atoms with Crippen LogP contribution in [0.4, 0.5) is 4.39 Å². The van der Waals surface area contributed by atoms with Crippen molar-refractivity contribution in [2.24, 2.45) is 0 Å².